The first-order valence-corrected chi connectivity index (χ1v) is 9.43. The number of carbonyl (C=O) groups excluding carboxylic acids is 1. The summed E-state index contributed by atoms with van der Waals surface area (Å²) in [7, 11) is 1.58. The maximum Gasteiger partial charge on any atom is 0.396 e. The van der Waals surface area contributed by atoms with E-state index in [1.807, 2.05) is 30.3 Å². The molecule has 6 nitrogen and oxygen atoms in total. The van der Waals surface area contributed by atoms with Crippen LogP contribution in [0.15, 0.2) is 34.9 Å². The van der Waals surface area contributed by atoms with Gasteiger partial charge in [0.15, 0.2) is 5.76 Å². The van der Waals surface area contributed by atoms with Crippen LogP contribution < -0.4 is 5.32 Å². The van der Waals surface area contributed by atoms with Crippen LogP contribution in [-0.4, -0.2) is 27.0 Å². The topological polar surface area (TPSA) is 73.0 Å². The Kier molecular flexibility index (Phi) is 6.00. The van der Waals surface area contributed by atoms with Crippen LogP contribution in [0, 0.1) is 20.8 Å². The van der Waals surface area contributed by atoms with Gasteiger partial charge in [-0.25, -0.2) is 0 Å². The molecule has 3 rings (SSSR count). The summed E-state index contributed by atoms with van der Waals surface area (Å²) >= 11 is 0. The van der Waals surface area contributed by atoms with Crippen LogP contribution >= 0.6 is 0 Å². The summed E-state index contributed by atoms with van der Waals surface area (Å²) < 4.78 is 47.9. The molecule has 1 aromatic carbocycles. The average Bonchev–Trinajstić information content (AvgIpc) is 3.17. The summed E-state index contributed by atoms with van der Waals surface area (Å²) in [5, 5.41) is 10.5. The van der Waals surface area contributed by atoms with Crippen molar-refractivity contribution in [2.75, 3.05) is 0 Å². The molecule has 0 aliphatic rings. The monoisotopic (exact) mass is 420 g/mol. The minimum atomic E-state index is -4.57. The molecule has 0 spiro atoms. The van der Waals surface area contributed by atoms with E-state index >= 15 is 0 Å². The van der Waals surface area contributed by atoms with E-state index in [1.165, 1.54) is 11.6 Å². The predicted octanol–water partition coefficient (Wildman–Crippen LogP) is 4.35. The number of benzene rings is 1. The molecule has 1 amide bonds. The first-order valence-electron chi connectivity index (χ1n) is 9.43. The molecule has 30 heavy (non-hydrogen) atoms. The van der Waals surface area contributed by atoms with Gasteiger partial charge in [0.1, 0.15) is 5.69 Å². The lowest BCUT2D eigenvalue weighted by atomic mass is 9.93. The second-order valence-electron chi connectivity index (χ2n) is 7.23. The Balaban J connectivity index is 1.72. The van der Waals surface area contributed by atoms with Crippen LogP contribution in [-0.2, 0) is 18.4 Å². The number of aryl methyl sites for hydroxylation is 2. The van der Waals surface area contributed by atoms with Crippen LogP contribution in [0.3, 0.4) is 0 Å². The second-order valence-corrected chi connectivity index (χ2v) is 7.23. The lowest BCUT2D eigenvalue weighted by Gasteiger charge is -2.20. The number of halogens is 3. The van der Waals surface area contributed by atoms with E-state index in [0.29, 0.717) is 17.1 Å². The fourth-order valence-electron chi connectivity index (χ4n) is 3.51. The Morgan fingerprint density at radius 2 is 1.87 bits per heavy atom. The Morgan fingerprint density at radius 1 is 1.20 bits per heavy atom. The van der Waals surface area contributed by atoms with Crippen molar-refractivity contribution in [2.24, 2.45) is 7.05 Å². The van der Waals surface area contributed by atoms with Crippen molar-refractivity contribution < 1.29 is 22.5 Å². The third-order valence-electron chi connectivity index (χ3n) is 5.21. The molecule has 1 unspecified atom stereocenters. The molecule has 0 aliphatic heterocycles. The van der Waals surface area contributed by atoms with Gasteiger partial charge >= 0.3 is 6.18 Å². The Labute approximate surface area is 172 Å². The maximum absolute atomic E-state index is 13.7. The lowest BCUT2D eigenvalue weighted by Crippen LogP contribution is -2.31. The molecule has 0 fully saturated rings. The average molecular weight is 420 g/mol. The smallest absolute Gasteiger partial charge is 0.356 e. The number of rotatable bonds is 6. The van der Waals surface area contributed by atoms with E-state index in [0.717, 1.165) is 11.1 Å². The van der Waals surface area contributed by atoms with Gasteiger partial charge in [0.25, 0.3) is 0 Å². The van der Waals surface area contributed by atoms with Gasteiger partial charge in [-0.1, -0.05) is 35.5 Å². The third-order valence-corrected chi connectivity index (χ3v) is 5.21. The fourth-order valence-corrected chi connectivity index (χ4v) is 3.51. The van der Waals surface area contributed by atoms with Crippen molar-refractivity contribution in [3.8, 4) is 11.3 Å². The molecule has 0 saturated heterocycles. The van der Waals surface area contributed by atoms with Gasteiger partial charge in [0.05, 0.1) is 18.2 Å². The third kappa shape index (κ3) is 4.39. The Hall–Kier alpha value is -3.10. The van der Waals surface area contributed by atoms with Crippen molar-refractivity contribution in [2.45, 2.75) is 45.8 Å². The van der Waals surface area contributed by atoms with Crippen LogP contribution in [0.2, 0.25) is 0 Å². The molecule has 160 valence electrons. The highest BCUT2D eigenvalue weighted by molar-refractivity contribution is 5.77. The largest absolute Gasteiger partial charge is 0.396 e. The molecule has 0 saturated carbocycles. The van der Waals surface area contributed by atoms with E-state index in [1.54, 1.807) is 20.9 Å². The highest BCUT2D eigenvalue weighted by atomic mass is 19.4. The van der Waals surface area contributed by atoms with E-state index < -0.39 is 24.4 Å². The molecule has 3 aromatic rings. The zero-order chi connectivity index (χ0) is 22.1. The van der Waals surface area contributed by atoms with Crippen molar-refractivity contribution in [1.29, 1.82) is 0 Å². The second kappa shape index (κ2) is 8.33. The van der Waals surface area contributed by atoms with E-state index in [-0.39, 0.29) is 17.8 Å². The zero-order valence-electron chi connectivity index (χ0n) is 17.2. The van der Waals surface area contributed by atoms with E-state index in [2.05, 4.69) is 15.6 Å². The normalized spacial score (nSPS) is 12.8. The number of amides is 1. The summed E-state index contributed by atoms with van der Waals surface area (Å²) in [4.78, 5) is 12.4. The maximum atomic E-state index is 13.7. The summed E-state index contributed by atoms with van der Waals surface area (Å²) in [5.41, 5.74) is 2.74. The quantitative estimate of drug-likeness (QED) is 0.643. The van der Waals surface area contributed by atoms with Gasteiger partial charge in [0.2, 0.25) is 5.91 Å². The number of alkyl halides is 3. The molecule has 0 radical (unpaired) electrons. The van der Waals surface area contributed by atoms with Crippen LogP contribution in [0.1, 0.15) is 40.5 Å². The first kappa shape index (κ1) is 21.6. The number of hydrogen-bond acceptors (Lipinski definition) is 4. The number of nitrogens with one attached hydrogen (secondary N) is 1. The van der Waals surface area contributed by atoms with Crippen molar-refractivity contribution in [1.82, 2.24) is 20.3 Å². The first-order chi connectivity index (χ1) is 14.1. The molecular weight excluding hydrogens is 397 g/mol. The molecule has 1 atom stereocenters. The SMILES string of the molecule is Cc1nn(C)c(C)c1C(CC(=O)NCc1noc(-c2ccccc2)c1C)C(F)(F)F. The van der Waals surface area contributed by atoms with Crippen molar-refractivity contribution in [3.63, 3.8) is 0 Å². The number of aromatic nitrogens is 3. The molecule has 9 heteroatoms. The van der Waals surface area contributed by atoms with Gasteiger partial charge in [-0.3, -0.25) is 9.48 Å². The molecular formula is C21H23F3N4O2. The summed E-state index contributed by atoms with van der Waals surface area (Å²) in [5.74, 6) is -2.08. The predicted molar refractivity (Wildman–Crippen MR) is 105 cm³/mol. The van der Waals surface area contributed by atoms with Gasteiger partial charge in [-0.15, -0.1) is 0 Å². The number of carbonyl (C=O) groups is 1. The molecule has 2 aromatic heterocycles. The van der Waals surface area contributed by atoms with E-state index in [9.17, 15) is 18.0 Å². The van der Waals surface area contributed by atoms with Gasteiger partial charge in [-0.05, 0) is 20.8 Å². The fraction of sp³-hybridized carbons (Fsp3) is 0.381. The van der Waals surface area contributed by atoms with Crippen molar-refractivity contribution >= 4 is 5.91 Å². The summed E-state index contributed by atoms with van der Waals surface area (Å²) in [6, 6.07) is 9.32. The van der Waals surface area contributed by atoms with Crippen LogP contribution in [0.25, 0.3) is 11.3 Å². The zero-order valence-corrected chi connectivity index (χ0v) is 17.2. The van der Waals surface area contributed by atoms with Gasteiger partial charge in [0, 0.05) is 35.9 Å². The Bertz CT molecular complexity index is 1040. The minimum Gasteiger partial charge on any atom is -0.356 e. The number of nitrogens with zero attached hydrogens (tertiary/aromatic N) is 3. The standard InChI is InChI=1S/C21H23F3N4O2/c1-12-17(27-30-20(12)15-8-6-5-7-9-15)11-25-18(29)10-16(21(22,23)24)19-13(2)26-28(4)14(19)3/h5-9,16H,10-11H2,1-4H3,(H,25,29). The van der Waals surface area contributed by atoms with Gasteiger partial charge < -0.3 is 9.84 Å². The molecule has 0 aliphatic carbocycles. The highest BCUT2D eigenvalue weighted by Crippen LogP contribution is 2.40. The molecule has 1 N–H and O–H groups in total. The Morgan fingerprint density at radius 3 is 2.43 bits per heavy atom. The lowest BCUT2D eigenvalue weighted by molar-refractivity contribution is -0.157. The van der Waals surface area contributed by atoms with Gasteiger partial charge in [-0.2, -0.15) is 18.3 Å². The summed E-state index contributed by atoms with van der Waals surface area (Å²) in [6.07, 6.45) is -5.29. The van der Waals surface area contributed by atoms with E-state index in [4.69, 9.17) is 4.52 Å². The number of hydrogen-bond donors (Lipinski definition) is 1. The molecule has 0 bridgehead atoms. The summed E-state index contributed by atoms with van der Waals surface area (Å²) in [6.45, 7) is 4.86. The van der Waals surface area contributed by atoms with Crippen molar-refractivity contribution in [3.05, 3.63) is 58.5 Å². The van der Waals surface area contributed by atoms with Crippen LogP contribution in [0.5, 0.6) is 0 Å². The highest BCUT2D eigenvalue weighted by Gasteiger charge is 2.44. The minimum absolute atomic E-state index is 0.0173. The van der Waals surface area contributed by atoms with Crippen LogP contribution in [0.4, 0.5) is 13.2 Å². The molecule has 2 heterocycles.